The first kappa shape index (κ1) is 15.9. The van der Waals surface area contributed by atoms with Crippen LogP contribution in [-0.2, 0) is 4.79 Å². The first-order valence-corrected chi connectivity index (χ1v) is 6.51. The van der Waals surface area contributed by atoms with Crippen LogP contribution in [0.15, 0.2) is 12.3 Å². The van der Waals surface area contributed by atoms with Crippen molar-refractivity contribution in [3.63, 3.8) is 0 Å². The molecule has 0 radical (unpaired) electrons. The number of rotatable bonds is 8. The second kappa shape index (κ2) is 8.08. The fourth-order valence-electron chi connectivity index (χ4n) is 1.63. The number of carbonyl (C=O) groups excluding carboxylic acids is 2. The van der Waals surface area contributed by atoms with Crippen molar-refractivity contribution in [3.8, 4) is 0 Å². The van der Waals surface area contributed by atoms with Gasteiger partial charge in [-0.3, -0.25) is 9.59 Å². The standard InChI is InChI=1S/C13H19FN4O2/c1-2-16-12-11(14)9(6-8-17-12)13(20)18-7-4-3-5-10(15)19/h6,8H,2-5,7H2,1H3,(H2,15,19)(H,16,17)(H,18,20). The van der Waals surface area contributed by atoms with Crippen LogP contribution >= 0.6 is 0 Å². The molecule has 1 heterocycles. The quantitative estimate of drug-likeness (QED) is 0.620. The highest BCUT2D eigenvalue weighted by molar-refractivity contribution is 5.95. The molecule has 6 nitrogen and oxygen atoms in total. The number of amides is 2. The Hall–Kier alpha value is -2.18. The van der Waals surface area contributed by atoms with E-state index >= 15 is 0 Å². The van der Waals surface area contributed by atoms with E-state index in [1.54, 1.807) is 0 Å². The Balaban J connectivity index is 2.51. The Bertz CT molecular complexity index is 479. The number of nitrogens with zero attached hydrogens (tertiary/aromatic N) is 1. The van der Waals surface area contributed by atoms with Crippen LogP contribution < -0.4 is 16.4 Å². The lowest BCUT2D eigenvalue weighted by Crippen LogP contribution is -2.26. The van der Waals surface area contributed by atoms with Crippen LogP contribution in [0.2, 0.25) is 0 Å². The fraction of sp³-hybridized carbons (Fsp3) is 0.462. The predicted octanol–water partition coefficient (Wildman–Crippen LogP) is 1.04. The third kappa shape index (κ3) is 4.83. The van der Waals surface area contributed by atoms with Gasteiger partial charge in [-0.05, 0) is 25.8 Å². The van der Waals surface area contributed by atoms with Gasteiger partial charge in [0.2, 0.25) is 5.91 Å². The molecule has 0 saturated carbocycles. The lowest BCUT2D eigenvalue weighted by molar-refractivity contribution is -0.118. The van der Waals surface area contributed by atoms with Crippen LogP contribution in [0, 0.1) is 5.82 Å². The number of hydrogen-bond acceptors (Lipinski definition) is 4. The van der Waals surface area contributed by atoms with Gasteiger partial charge >= 0.3 is 0 Å². The monoisotopic (exact) mass is 282 g/mol. The van der Waals surface area contributed by atoms with Gasteiger partial charge in [-0.15, -0.1) is 0 Å². The second-order valence-corrected chi connectivity index (χ2v) is 4.23. The smallest absolute Gasteiger partial charge is 0.254 e. The summed E-state index contributed by atoms with van der Waals surface area (Å²) in [6, 6.07) is 1.33. The first-order chi connectivity index (χ1) is 9.56. The van der Waals surface area contributed by atoms with E-state index < -0.39 is 11.7 Å². The minimum absolute atomic E-state index is 0.0501. The summed E-state index contributed by atoms with van der Waals surface area (Å²) in [4.78, 5) is 26.2. The molecule has 0 atom stereocenters. The fourth-order valence-corrected chi connectivity index (χ4v) is 1.63. The van der Waals surface area contributed by atoms with Crippen molar-refractivity contribution in [3.05, 3.63) is 23.6 Å². The number of unbranched alkanes of at least 4 members (excludes halogenated alkanes) is 1. The van der Waals surface area contributed by atoms with Crippen molar-refractivity contribution in [2.75, 3.05) is 18.4 Å². The normalized spacial score (nSPS) is 10.1. The number of aromatic nitrogens is 1. The molecule has 1 aromatic rings. The van der Waals surface area contributed by atoms with Crippen molar-refractivity contribution in [2.24, 2.45) is 5.73 Å². The van der Waals surface area contributed by atoms with E-state index in [0.29, 0.717) is 25.9 Å². The maximum Gasteiger partial charge on any atom is 0.254 e. The van der Waals surface area contributed by atoms with Crippen LogP contribution in [0.5, 0.6) is 0 Å². The summed E-state index contributed by atoms with van der Waals surface area (Å²) in [5.41, 5.74) is 4.95. The molecule has 2 amide bonds. The predicted molar refractivity (Wildman–Crippen MR) is 73.7 cm³/mol. The number of primary amides is 1. The Morgan fingerprint density at radius 2 is 2.15 bits per heavy atom. The molecule has 1 aromatic heterocycles. The summed E-state index contributed by atoms with van der Waals surface area (Å²) >= 11 is 0. The number of carbonyl (C=O) groups is 2. The molecule has 110 valence electrons. The van der Waals surface area contributed by atoms with Crippen LogP contribution in [0.1, 0.15) is 36.5 Å². The average molecular weight is 282 g/mol. The number of anilines is 1. The minimum atomic E-state index is -0.663. The van der Waals surface area contributed by atoms with Crippen LogP contribution in [0.3, 0.4) is 0 Å². The van der Waals surface area contributed by atoms with Gasteiger partial charge < -0.3 is 16.4 Å². The van der Waals surface area contributed by atoms with Crippen LogP contribution in [0.25, 0.3) is 0 Å². The van der Waals surface area contributed by atoms with Gasteiger partial charge in [0, 0.05) is 25.7 Å². The van der Waals surface area contributed by atoms with E-state index in [0.717, 1.165) is 0 Å². The van der Waals surface area contributed by atoms with Crippen molar-refractivity contribution in [1.29, 1.82) is 0 Å². The molecule has 0 unspecified atom stereocenters. The molecule has 0 saturated heterocycles. The molecule has 0 aliphatic rings. The van der Waals surface area contributed by atoms with Gasteiger partial charge in [-0.2, -0.15) is 0 Å². The van der Waals surface area contributed by atoms with Gasteiger partial charge in [-0.1, -0.05) is 0 Å². The molecule has 0 fully saturated rings. The average Bonchev–Trinajstić information content (AvgIpc) is 2.40. The van der Waals surface area contributed by atoms with E-state index in [1.165, 1.54) is 12.3 Å². The molecule has 4 N–H and O–H groups in total. The third-order valence-corrected chi connectivity index (χ3v) is 2.61. The number of halogens is 1. The molecule has 0 aromatic carbocycles. The highest BCUT2D eigenvalue weighted by atomic mass is 19.1. The van der Waals surface area contributed by atoms with Crippen molar-refractivity contribution in [1.82, 2.24) is 10.3 Å². The highest BCUT2D eigenvalue weighted by Gasteiger charge is 2.15. The number of hydrogen-bond donors (Lipinski definition) is 3. The Morgan fingerprint density at radius 3 is 2.80 bits per heavy atom. The zero-order valence-corrected chi connectivity index (χ0v) is 11.4. The van der Waals surface area contributed by atoms with E-state index in [9.17, 15) is 14.0 Å². The van der Waals surface area contributed by atoms with Crippen molar-refractivity contribution in [2.45, 2.75) is 26.2 Å². The summed E-state index contributed by atoms with van der Waals surface area (Å²) in [6.45, 7) is 2.69. The maximum absolute atomic E-state index is 13.9. The topological polar surface area (TPSA) is 97.1 Å². The van der Waals surface area contributed by atoms with Gasteiger partial charge in [0.1, 0.15) is 0 Å². The largest absolute Gasteiger partial charge is 0.370 e. The Kier molecular flexibility index (Phi) is 6.42. The molecule has 0 bridgehead atoms. The zero-order valence-electron chi connectivity index (χ0n) is 11.4. The molecular weight excluding hydrogens is 263 g/mol. The molecule has 0 aliphatic heterocycles. The van der Waals surface area contributed by atoms with Gasteiger partial charge in [0.25, 0.3) is 5.91 Å². The molecule has 20 heavy (non-hydrogen) atoms. The van der Waals surface area contributed by atoms with Crippen LogP contribution in [0.4, 0.5) is 10.2 Å². The lowest BCUT2D eigenvalue weighted by atomic mass is 10.2. The molecule has 1 rings (SSSR count). The van der Waals surface area contributed by atoms with Crippen molar-refractivity contribution < 1.29 is 14.0 Å². The Labute approximate surface area is 116 Å². The molecule has 0 spiro atoms. The number of nitrogens with one attached hydrogen (secondary N) is 2. The highest BCUT2D eigenvalue weighted by Crippen LogP contribution is 2.14. The summed E-state index contributed by atoms with van der Waals surface area (Å²) in [5.74, 6) is -1.47. The maximum atomic E-state index is 13.9. The van der Waals surface area contributed by atoms with E-state index in [1.807, 2.05) is 6.92 Å². The van der Waals surface area contributed by atoms with Gasteiger partial charge in [0.05, 0.1) is 5.56 Å². The molecule has 7 heteroatoms. The summed E-state index contributed by atoms with van der Waals surface area (Å²) < 4.78 is 13.9. The van der Waals surface area contributed by atoms with E-state index in [2.05, 4.69) is 15.6 Å². The minimum Gasteiger partial charge on any atom is -0.370 e. The molecular formula is C13H19FN4O2. The SMILES string of the molecule is CCNc1nccc(C(=O)NCCCCC(N)=O)c1F. The van der Waals surface area contributed by atoms with E-state index in [-0.39, 0.29) is 23.7 Å². The lowest BCUT2D eigenvalue weighted by Gasteiger charge is -2.08. The first-order valence-electron chi connectivity index (χ1n) is 6.51. The Morgan fingerprint density at radius 1 is 1.40 bits per heavy atom. The zero-order chi connectivity index (χ0) is 15.0. The van der Waals surface area contributed by atoms with E-state index in [4.69, 9.17) is 5.73 Å². The van der Waals surface area contributed by atoms with Gasteiger partial charge in [0.15, 0.2) is 11.6 Å². The van der Waals surface area contributed by atoms with Gasteiger partial charge in [-0.25, -0.2) is 9.37 Å². The summed E-state index contributed by atoms with van der Waals surface area (Å²) in [5, 5.41) is 5.34. The summed E-state index contributed by atoms with van der Waals surface area (Å²) in [7, 11) is 0. The second-order valence-electron chi connectivity index (χ2n) is 4.23. The molecule has 0 aliphatic carbocycles. The van der Waals surface area contributed by atoms with Crippen molar-refractivity contribution >= 4 is 17.6 Å². The number of nitrogens with two attached hydrogens (primary N) is 1. The summed E-state index contributed by atoms with van der Waals surface area (Å²) in [6.07, 6.45) is 2.87. The third-order valence-electron chi connectivity index (χ3n) is 2.61. The van der Waals surface area contributed by atoms with Crippen LogP contribution in [-0.4, -0.2) is 29.9 Å². The number of pyridine rings is 1.